The van der Waals surface area contributed by atoms with Crippen molar-refractivity contribution in [1.29, 1.82) is 0 Å². The second-order valence-corrected chi connectivity index (χ2v) is 9.65. The first-order valence-corrected chi connectivity index (χ1v) is 11.7. The molecule has 1 saturated carbocycles. The van der Waals surface area contributed by atoms with Crippen LogP contribution in [0.2, 0.25) is 5.28 Å². The molecule has 0 aromatic carbocycles. The van der Waals surface area contributed by atoms with Crippen molar-refractivity contribution in [3.05, 3.63) is 11.1 Å². The molecule has 0 bridgehead atoms. The van der Waals surface area contributed by atoms with Crippen LogP contribution in [0.15, 0.2) is 0 Å². The van der Waals surface area contributed by atoms with Crippen molar-refractivity contribution < 1.29 is 19.2 Å². The van der Waals surface area contributed by atoms with E-state index in [-0.39, 0.29) is 35.9 Å². The van der Waals surface area contributed by atoms with Crippen molar-refractivity contribution in [1.82, 2.24) is 25.4 Å². The van der Waals surface area contributed by atoms with Gasteiger partial charge in [0.2, 0.25) is 23.4 Å². The minimum absolute atomic E-state index is 0.0768. The fourth-order valence-corrected chi connectivity index (χ4v) is 5.07. The molecule has 1 aromatic rings. The predicted molar refractivity (Wildman–Crippen MR) is 122 cm³/mol. The molecule has 2 heterocycles. The van der Waals surface area contributed by atoms with Gasteiger partial charge in [-0.2, -0.15) is 14.4 Å². The summed E-state index contributed by atoms with van der Waals surface area (Å²) in [5.41, 5.74) is 4.99. The lowest BCUT2D eigenvalue weighted by Gasteiger charge is -2.24. The molecular formula is C21H33ClFN7O3. The molecule has 33 heavy (non-hydrogen) atoms. The van der Waals surface area contributed by atoms with Gasteiger partial charge in [0.1, 0.15) is 0 Å². The van der Waals surface area contributed by atoms with Gasteiger partial charge in [-0.3, -0.25) is 25.6 Å². The Balaban J connectivity index is 1.70. The summed E-state index contributed by atoms with van der Waals surface area (Å²) in [5.74, 6) is -1.35. The number of nitrogens with zero attached hydrogens (tertiary/aromatic N) is 5. The molecule has 3 N–H and O–H groups in total. The van der Waals surface area contributed by atoms with Crippen molar-refractivity contribution in [2.24, 2.45) is 17.8 Å². The normalized spacial score (nSPS) is 22.0. The van der Waals surface area contributed by atoms with E-state index in [1.165, 1.54) is 0 Å². The van der Waals surface area contributed by atoms with Crippen LogP contribution in [0.5, 0.6) is 0 Å². The molecule has 1 aliphatic carbocycles. The van der Waals surface area contributed by atoms with E-state index in [0.29, 0.717) is 36.4 Å². The summed E-state index contributed by atoms with van der Waals surface area (Å²) in [6, 6.07) is 0.241. The van der Waals surface area contributed by atoms with Crippen LogP contribution in [-0.4, -0.2) is 77.2 Å². The first kappa shape index (κ1) is 25.4. The Morgan fingerprint density at radius 1 is 1.33 bits per heavy atom. The van der Waals surface area contributed by atoms with Crippen molar-refractivity contribution >= 4 is 35.6 Å². The van der Waals surface area contributed by atoms with E-state index in [1.807, 2.05) is 19.0 Å². The lowest BCUT2D eigenvalue weighted by Crippen LogP contribution is -2.41. The molecule has 1 unspecified atom stereocenters. The number of hydrogen-bond donors (Lipinski definition) is 3. The summed E-state index contributed by atoms with van der Waals surface area (Å²) in [4.78, 5) is 35.6. The van der Waals surface area contributed by atoms with Crippen LogP contribution in [0.4, 0.5) is 16.0 Å². The highest BCUT2D eigenvalue weighted by molar-refractivity contribution is 6.28. The largest absolute Gasteiger partial charge is 0.352 e. The monoisotopic (exact) mass is 485 g/mol. The molecule has 184 valence electrons. The summed E-state index contributed by atoms with van der Waals surface area (Å²) >= 11 is 6.06. The van der Waals surface area contributed by atoms with Crippen LogP contribution in [0, 0.1) is 23.6 Å². The lowest BCUT2D eigenvalue weighted by molar-refractivity contribution is -0.154. The molecule has 1 saturated heterocycles. The van der Waals surface area contributed by atoms with Gasteiger partial charge in [0.25, 0.3) is 0 Å². The van der Waals surface area contributed by atoms with Gasteiger partial charge in [-0.1, -0.05) is 32.6 Å². The quantitative estimate of drug-likeness (QED) is 0.200. The third-order valence-electron chi connectivity index (χ3n) is 6.64. The number of anilines is 2. The number of carbonyl (C=O) groups is 2. The van der Waals surface area contributed by atoms with Crippen molar-refractivity contribution in [3.63, 3.8) is 0 Å². The van der Waals surface area contributed by atoms with Crippen LogP contribution in [0.3, 0.4) is 0 Å². The minimum atomic E-state index is -0.713. The fourth-order valence-electron chi connectivity index (χ4n) is 4.90. The molecule has 0 spiro atoms. The van der Waals surface area contributed by atoms with E-state index in [0.717, 1.165) is 25.7 Å². The zero-order valence-electron chi connectivity index (χ0n) is 19.3. The van der Waals surface area contributed by atoms with E-state index in [9.17, 15) is 14.8 Å². The second-order valence-electron chi connectivity index (χ2n) is 9.32. The summed E-state index contributed by atoms with van der Waals surface area (Å²) in [6.07, 6.45) is 5.00. The molecular weight excluding hydrogens is 453 g/mol. The molecule has 12 heteroatoms. The second kappa shape index (κ2) is 11.3. The number of amides is 2. The van der Waals surface area contributed by atoms with Crippen LogP contribution in [0.1, 0.15) is 39.0 Å². The van der Waals surface area contributed by atoms with Gasteiger partial charge >= 0.3 is 0 Å². The number of halogens is 2. The van der Waals surface area contributed by atoms with Crippen molar-refractivity contribution in [3.8, 4) is 0 Å². The smallest absolute Gasteiger partial charge is 0.243 e. The number of nitrogens with one attached hydrogen (secondary N) is 2. The average molecular weight is 486 g/mol. The van der Waals surface area contributed by atoms with Gasteiger partial charge in [-0.05, 0) is 44.0 Å². The highest BCUT2D eigenvalue weighted by atomic mass is 35.5. The summed E-state index contributed by atoms with van der Waals surface area (Å²) in [6.45, 7) is 3.15. The maximum atomic E-state index is 15.3. The topological polar surface area (TPSA) is 114 Å². The van der Waals surface area contributed by atoms with Crippen LogP contribution in [-0.2, 0) is 9.59 Å². The highest BCUT2D eigenvalue weighted by Crippen LogP contribution is 2.32. The molecule has 1 aromatic heterocycles. The Labute approximate surface area is 198 Å². The summed E-state index contributed by atoms with van der Waals surface area (Å²) in [5, 5.41) is 9.92. The molecule has 0 radical (unpaired) electrons. The molecule has 2 aliphatic rings. The van der Waals surface area contributed by atoms with Gasteiger partial charge < -0.3 is 9.80 Å². The van der Waals surface area contributed by atoms with Crippen molar-refractivity contribution in [2.75, 3.05) is 44.1 Å². The minimum Gasteiger partial charge on any atom is -0.352 e. The maximum Gasteiger partial charge on any atom is 0.243 e. The lowest BCUT2D eigenvalue weighted by atomic mass is 9.92. The van der Waals surface area contributed by atoms with Crippen LogP contribution >= 0.6 is 11.6 Å². The first-order valence-electron chi connectivity index (χ1n) is 11.3. The van der Waals surface area contributed by atoms with E-state index in [4.69, 9.17) is 11.6 Å². The van der Waals surface area contributed by atoms with Gasteiger partial charge in [0.15, 0.2) is 11.6 Å². The van der Waals surface area contributed by atoms with Gasteiger partial charge in [0.05, 0.1) is 12.5 Å². The Hall–Kier alpha value is -2.24. The molecule has 10 nitrogen and oxygen atoms in total. The third-order valence-corrected chi connectivity index (χ3v) is 6.81. The standard InChI is InChI=1S/C21H33ClFN7O3/c1-13-9-29(11-16(13)28(2)3)19-17(23)18(24-21(22)25-19)26-27-20(32)15(10-30(33)12-31)8-14-6-4-5-7-14/h12-16,33H,4-11H2,1-3H3,(H,27,32)(H,24,25,26)/t13?,15-,16+/m1/s1. The first-order chi connectivity index (χ1) is 15.7. The Morgan fingerprint density at radius 3 is 2.64 bits per heavy atom. The molecule has 2 fully saturated rings. The molecule has 3 rings (SSSR count). The number of aromatic nitrogens is 2. The average Bonchev–Trinajstić information content (AvgIpc) is 3.42. The Morgan fingerprint density at radius 2 is 2.03 bits per heavy atom. The van der Waals surface area contributed by atoms with E-state index >= 15 is 4.39 Å². The number of hydrazine groups is 1. The van der Waals surface area contributed by atoms with Crippen molar-refractivity contribution in [2.45, 2.75) is 45.1 Å². The van der Waals surface area contributed by atoms with E-state index in [1.54, 1.807) is 0 Å². The summed E-state index contributed by atoms with van der Waals surface area (Å²) < 4.78 is 15.3. The van der Waals surface area contributed by atoms with E-state index in [2.05, 4.69) is 32.6 Å². The zero-order chi connectivity index (χ0) is 24.1. The number of likely N-dealkylation sites (N-methyl/N-ethyl adjacent to an activating group) is 1. The van der Waals surface area contributed by atoms with Crippen LogP contribution in [0.25, 0.3) is 0 Å². The summed E-state index contributed by atoms with van der Waals surface area (Å²) in [7, 11) is 3.97. The predicted octanol–water partition coefficient (Wildman–Crippen LogP) is 2.14. The van der Waals surface area contributed by atoms with Crippen LogP contribution < -0.4 is 15.8 Å². The number of rotatable bonds is 10. The molecule has 1 aliphatic heterocycles. The number of hydrogen-bond acceptors (Lipinski definition) is 8. The SMILES string of the molecule is CC1CN(c2nc(Cl)nc(NNC(=O)[C@H](CC3CCCC3)CN(O)C=O)c2F)C[C@@H]1N(C)C. The zero-order valence-corrected chi connectivity index (χ0v) is 20.1. The Bertz CT molecular complexity index is 840. The van der Waals surface area contributed by atoms with Gasteiger partial charge in [0, 0.05) is 19.1 Å². The van der Waals surface area contributed by atoms with Gasteiger partial charge in [-0.25, -0.2) is 5.06 Å². The third kappa shape index (κ3) is 6.42. The highest BCUT2D eigenvalue weighted by Gasteiger charge is 2.34. The van der Waals surface area contributed by atoms with Gasteiger partial charge in [-0.15, -0.1) is 0 Å². The molecule has 3 atom stereocenters. The fraction of sp³-hybridized carbons (Fsp3) is 0.714. The van der Waals surface area contributed by atoms with E-state index < -0.39 is 17.6 Å². The maximum absolute atomic E-state index is 15.3. The number of carbonyl (C=O) groups excluding carboxylic acids is 2. The molecule has 2 amide bonds. The Kier molecular flexibility index (Phi) is 8.66. The number of hydroxylamine groups is 2.